The van der Waals surface area contributed by atoms with Gasteiger partial charge in [0.25, 0.3) is 5.56 Å². The van der Waals surface area contributed by atoms with E-state index in [1.165, 1.54) is 6.07 Å². The van der Waals surface area contributed by atoms with E-state index in [1.54, 1.807) is 29.0 Å². The van der Waals surface area contributed by atoms with E-state index in [-0.39, 0.29) is 5.56 Å². The molecular formula is C17H19Cl2N3O3. The Morgan fingerprint density at radius 3 is 2.56 bits per heavy atom. The molecule has 1 aromatic carbocycles. The van der Waals surface area contributed by atoms with Crippen LogP contribution in [-0.2, 0) is 11.3 Å². The predicted octanol–water partition coefficient (Wildman–Crippen LogP) is 3.66. The molecule has 0 radical (unpaired) electrons. The molecule has 134 valence electrons. The molecule has 1 saturated heterocycles. The molecule has 3 N–H and O–H groups in total. The predicted molar refractivity (Wildman–Crippen MR) is 98.6 cm³/mol. The molecule has 0 unspecified atom stereocenters. The Balaban J connectivity index is 1.81. The number of hydrogen-bond acceptors (Lipinski definition) is 5. The summed E-state index contributed by atoms with van der Waals surface area (Å²) < 4.78 is 12.8. The number of pyridine rings is 1. The van der Waals surface area contributed by atoms with Gasteiger partial charge in [-0.25, -0.2) is 0 Å². The smallest absolute Gasteiger partial charge is 0.250 e. The lowest BCUT2D eigenvalue weighted by Gasteiger charge is -2.23. The van der Waals surface area contributed by atoms with E-state index in [2.05, 4.69) is 5.43 Å². The number of benzene rings is 1. The van der Waals surface area contributed by atoms with Crippen molar-refractivity contribution in [3.63, 3.8) is 0 Å². The van der Waals surface area contributed by atoms with Crippen LogP contribution in [0.4, 0.5) is 5.69 Å². The average Bonchev–Trinajstić information content (AvgIpc) is 2.61. The largest absolute Gasteiger partial charge is 0.453 e. The monoisotopic (exact) mass is 383 g/mol. The van der Waals surface area contributed by atoms with Crippen molar-refractivity contribution < 1.29 is 9.47 Å². The number of aromatic nitrogens is 1. The van der Waals surface area contributed by atoms with E-state index in [1.807, 2.05) is 0 Å². The van der Waals surface area contributed by atoms with Gasteiger partial charge in [-0.3, -0.25) is 10.6 Å². The third-order valence-electron chi connectivity index (χ3n) is 4.14. The Kier molecular flexibility index (Phi) is 5.86. The van der Waals surface area contributed by atoms with Gasteiger partial charge >= 0.3 is 0 Å². The van der Waals surface area contributed by atoms with Crippen LogP contribution in [0.3, 0.4) is 0 Å². The second-order valence-corrected chi connectivity index (χ2v) is 6.74. The van der Waals surface area contributed by atoms with Crippen molar-refractivity contribution >= 4 is 28.9 Å². The van der Waals surface area contributed by atoms with E-state index >= 15 is 0 Å². The zero-order valence-electron chi connectivity index (χ0n) is 13.5. The van der Waals surface area contributed by atoms with E-state index < -0.39 is 0 Å². The summed E-state index contributed by atoms with van der Waals surface area (Å²) in [7, 11) is 0. The van der Waals surface area contributed by atoms with Gasteiger partial charge in [0, 0.05) is 32.0 Å². The van der Waals surface area contributed by atoms with Crippen molar-refractivity contribution in [2.24, 2.45) is 11.8 Å². The van der Waals surface area contributed by atoms with Crippen molar-refractivity contribution in [1.82, 2.24) is 4.57 Å². The van der Waals surface area contributed by atoms with Crippen LogP contribution in [0, 0.1) is 5.92 Å². The van der Waals surface area contributed by atoms with Crippen LogP contribution in [-0.4, -0.2) is 17.8 Å². The second kappa shape index (κ2) is 8.10. The molecule has 0 amide bonds. The van der Waals surface area contributed by atoms with Gasteiger partial charge in [0.05, 0.1) is 15.7 Å². The molecule has 2 aromatic rings. The number of nitrogens with two attached hydrogens (primary N) is 1. The molecule has 0 atom stereocenters. The number of rotatable bonds is 5. The lowest BCUT2D eigenvalue weighted by atomic mass is 10.0. The fraction of sp³-hybridized carbons (Fsp3) is 0.353. The minimum Gasteiger partial charge on any atom is -0.453 e. The fourth-order valence-electron chi connectivity index (χ4n) is 2.78. The van der Waals surface area contributed by atoms with Crippen LogP contribution in [0.1, 0.15) is 12.8 Å². The van der Waals surface area contributed by atoms with Crippen molar-refractivity contribution in [2.75, 3.05) is 18.6 Å². The third-order valence-corrected chi connectivity index (χ3v) is 4.70. The van der Waals surface area contributed by atoms with Crippen molar-refractivity contribution in [3.8, 4) is 11.5 Å². The summed E-state index contributed by atoms with van der Waals surface area (Å²) in [5.41, 5.74) is 2.99. The molecule has 0 spiro atoms. The molecular weight excluding hydrogens is 365 g/mol. The number of nitrogen functional groups attached to an aromatic ring is 1. The van der Waals surface area contributed by atoms with Crippen molar-refractivity contribution in [1.29, 1.82) is 0 Å². The molecule has 8 heteroatoms. The molecule has 0 saturated carbocycles. The number of anilines is 1. The number of nitrogens with one attached hydrogen (secondary N) is 1. The number of hydrazine groups is 1. The Labute approximate surface area is 155 Å². The normalized spacial score (nSPS) is 15.2. The van der Waals surface area contributed by atoms with E-state index in [0.717, 1.165) is 26.1 Å². The Bertz CT molecular complexity index is 781. The Hall–Kier alpha value is -1.73. The molecule has 6 nitrogen and oxygen atoms in total. The minimum atomic E-state index is -0.0706. The van der Waals surface area contributed by atoms with E-state index in [0.29, 0.717) is 39.7 Å². The Morgan fingerprint density at radius 2 is 1.92 bits per heavy atom. The highest BCUT2D eigenvalue weighted by Crippen LogP contribution is 2.38. The zero-order valence-corrected chi connectivity index (χ0v) is 15.0. The highest BCUT2D eigenvalue weighted by Gasteiger charge is 2.16. The molecule has 1 aliphatic rings. The van der Waals surface area contributed by atoms with Crippen LogP contribution < -0.4 is 21.6 Å². The first-order valence-corrected chi connectivity index (χ1v) is 8.74. The molecule has 0 aliphatic carbocycles. The van der Waals surface area contributed by atoms with Crippen LogP contribution in [0.15, 0.2) is 35.3 Å². The quantitative estimate of drug-likeness (QED) is 0.608. The van der Waals surface area contributed by atoms with Gasteiger partial charge in [0.15, 0.2) is 5.75 Å². The standard InChI is InChI=1S/C17H19Cl2N3O3/c18-14-7-12(21-20)8-15(19)17(14)25-13-1-2-16(23)22(10-13)9-11-3-5-24-6-4-11/h1-2,7-8,10-11,21H,3-6,9,20H2. The topological polar surface area (TPSA) is 78.5 Å². The Morgan fingerprint density at radius 1 is 1.24 bits per heavy atom. The summed E-state index contributed by atoms with van der Waals surface area (Å²) in [5.74, 6) is 6.59. The zero-order chi connectivity index (χ0) is 17.8. The van der Waals surface area contributed by atoms with Gasteiger partial charge in [0.2, 0.25) is 0 Å². The van der Waals surface area contributed by atoms with Gasteiger partial charge in [-0.2, -0.15) is 0 Å². The maximum absolute atomic E-state index is 12.1. The summed E-state index contributed by atoms with van der Waals surface area (Å²) in [5, 5.41) is 0.644. The van der Waals surface area contributed by atoms with Crippen LogP contribution in [0.5, 0.6) is 11.5 Å². The molecule has 1 fully saturated rings. The van der Waals surface area contributed by atoms with Gasteiger partial charge in [-0.1, -0.05) is 23.2 Å². The average molecular weight is 384 g/mol. The lowest BCUT2D eigenvalue weighted by Crippen LogP contribution is -2.26. The summed E-state index contributed by atoms with van der Waals surface area (Å²) in [6.45, 7) is 2.11. The number of hydrogen-bond donors (Lipinski definition) is 2. The first-order chi connectivity index (χ1) is 12.1. The van der Waals surface area contributed by atoms with Gasteiger partial charge < -0.3 is 19.5 Å². The van der Waals surface area contributed by atoms with E-state index in [9.17, 15) is 4.79 Å². The van der Waals surface area contributed by atoms with Crippen LogP contribution in [0.25, 0.3) is 0 Å². The molecule has 0 bridgehead atoms. The third kappa shape index (κ3) is 4.46. The molecule has 25 heavy (non-hydrogen) atoms. The summed E-state index contributed by atoms with van der Waals surface area (Å²) in [6, 6.07) is 6.30. The van der Waals surface area contributed by atoms with Gasteiger partial charge in [-0.15, -0.1) is 0 Å². The molecule has 3 rings (SSSR count). The maximum atomic E-state index is 12.1. The van der Waals surface area contributed by atoms with Crippen LogP contribution in [0.2, 0.25) is 10.0 Å². The summed E-state index contributed by atoms with van der Waals surface area (Å²) >= 11 is 12.4. The number of halogens is 2. The van der Waals surface area contributed by atoms with Crippen molar-refractivity contribution in [3.05, 3.63) is 50.9 Å². The first kappa shape index (κ1) is 18.1. The minimum absolute atomic E-state index is 0.0706. The lowest BCUT2D eigenvalue weighted by molar-refractivity contribution is 0.0609. The van der Waals surface area contributed by atoms with Crippen LogP contribution >= 0.6 is 23.2 Å². The van der Waals surface area contributed by atoms with Gasteiger partial charge in [0.1, 0.15) is 5.75 Å². The summed E-state index contributed by atoms with van der Waals surface area (Å²) in [4.78, 5) is 12.1. The first-order valence-electron chi connectivity index (χ1n) is 7.98. The summed E-state index contributed by atoms with van der Waals surface area (Å²) in [6.07, 6.45) is 3.57. The second-order valence-electron chi connectivity index (χ2n) is 5.93. The maximum Gasteiger partial charge on any atom is 0.250 e. The molecule has 1 aliphatic heterocycles. The number of nitrogens with zero attached hydrogens (tertiary/aromatic N) is 1. The fourth-order valence-corrected chi connectivity index (χ4v) is 3.34. The SMILES string of the molecule is NNc1cc(Cl)c(Oc2ccc(=O)n(CC3CCOCC3)c2)c(Cl)c1. The highest BCUT2D eigenvalue weighted by molar-refractivity contribution is 6.37. The molecule has 2 heterocycles. The van der Waals surface area contributed by atoms with E-state index in [4.69, 9.17) is 38.5 Å². The number of ether oxygens (including phenoxy) is 2. The van der Waals surface area contributed by atoms with Gasteiger partial charge in [-0.05, 0) is 37.0 Å². The van der Waals surface area contributed by atoms with Crippen molar-refractivity contribution in [2.45, 2.75) is 19.4 Å². The highest BCUT2D eigenvalue weighted by atomic mass is 35.5. The molecule has 1 aromatic heterocycles.